The van der Waals surface area contributed by atoms with Crippen molar-refractivity contribution in [3.8, 4) is 0 Å². The second-order valence-electron chi connectivity index (χ2n) is 7.02. The summed E-state index contributed by atoms with van der Waals surface area (Å²) >= 11 is 0. The molecule has 0 aromatic heterocycles. The number of methoxy groups -OCH3 is 1. The van der Waals surface area contributed by atoms with Gasteiger partial charge in [-0.2, -0.15) is 0 Å². The highest BCUT2D eigenvalue weighted by Crippen LogP contribution is 2.29. The first-order valence-electron chi connectivity index (χ1n) is 9.62. The van der Waals surface area contributed by atoms with Gasteiger partial charge in [0.1, 0.15) is 0 Å². The van der Waals surface area contributed by atoms with Gasteiger partial charge in [-0.05, 0) is 44.7 Å². The standard InChI is InChI=1S/C22H33NO2/c1-5-9-18-11-8-13-21(15-18)25-16-20(6-2)23-22(24-4)19-12-7-10-17(3)14-19/h6-7,10,12,14,18,21H,5,8-9,11,13,15-16H2,1-4H3/b20-6+,23-22?. The van der Waals surface area contributed by atoms with E-state index in [1.54, 1.807) is 7.11 Å². The van der Waals surface area contributed by atoms with Crippen molar-refractivity contribution < 1.29 is 9.47 Å². The summed E-state index contributed by atoms with van der Waals surface area (Å²) < 4.78 is 11.7. The molecule has 2 atom stereocenters. The van der Waals surface area contributed by atoms with Gasteiger partial charge in [0, 0.05) is 5.56 Å². The Morgan fingerprint density at radius 1 is 1.32 bits per heavy atom. The molecule has 138 valence electrons. The molecule has 1 aromatic rings. The molecule has 0 amide bonds. The van der Waals surface area contributed by atoms with Crippen LogP contribution in [0.2, 0.25) is 0 Å². The van der Waals surface area contributed by atoms with Crippen LogP contribution in [0, 0.1) is 12.8 Å². The minimum absolute atomic E-state index is 0.375. The third-order valence-corrected chi connectivity index (χ3v) is 4.94. The Labute approximate surface area is 153 Å². The van der Waals surface area contributed by atoms with Crippen molar-refractivity contribution in [3.05, 3.63) is 47.2 Å². The van der Waals surface area contributed by atoms with Crippen molar-refractivity contribution in [1.29, 1.82) is 0 Å². The lowest BCUT2D eigenvalue weighted by atomic mass is 9.84. The van der Waals surface area contributed by atoms with Gasteiger partial charge in [-0.25, -0.2) is 4.99 Å². The minimum atomic E-state index is 0.375. The van der Waals surface area contributed by atoms with Gasteiger partial charge in [-0.15, -0.1) is 0 Å². The van der Waals surface area contributed by atoms with Crippen molar-refractivity contribution in [3.63, 3.8) is 0 Å². The maximum Gasteiger partial charge on any atom is 0.220 e. The first kappa shape index (κ1) is 19.7. The summed E-state index contributed by atoms with van der Waals surface area (Å²) in [6.45, 7) is 6.91. The first-order chi connectivity index (χ1) is 12.2. The maximum absolute atomic E-state index is 6.19. The first-order valence-corrected chi connectivity index (χ1v) is 9.62. The van der Waals surface area contributed by atoms with E-state index in [1.165, 1.54) is 44.1 Å². The number of aryl methyl sites for hydroxylation is 1. The summed E-state index contributed by atoms with van der Waals surface area (Å²) in [5.74, 6) is 1.48. The second kappa shape index (κ2) is 10.4. The summed E-state index contributed by atoms with van der Waals surface area (Å²) in [6.07, 6.45) is 10.0. The molecule has 2 unspecified atom stereocenters. The largest absolute Gasteiger partial charge is 0.481 e. The molecule has 3 heteroatoms. The zero-order valence-electron chi connectivity index (χ0n) is 16.3. The van der Waals surface area contributed by atoms with Crippen LogP contribution in [-0.4, -0.2) is 25.7 Å². The lowest BCUT2D eigenvalue weighted by Crippen LogP contribution is -2.23. The van der Waals surface area contributed by atoms with E-state index in [1.807, 2.05) is 25.1 Å². The number of ether oxygens (including phenoxy) is 2. The fraction of sp³-hybridized carbons (Fsp3) is 0.591. The van der Waals surface area contributed by atoms with Crippen LogP contribution in [0.1, 0.15) is 63.5 Å². The fourth-order valence-corrected chi connectivity index (χ4v) is 3.58. The number of allylic oxidation sites excluding steroid dienone is 1. The van der Waals surface area contributed by atoms with Gasteiger partial charge in [0.25, 0.3) is 0 Å². The SMILES string of the molecule is C/C=C(\COC1CCCC(CCC)C1)N=C(OC)c1cccc(C)c1. The van der Waals surface area contributed by atoms with Crippen LogP contribution in [0.25, 0.3) is 0 Å². The third kappa shape index (κ3) is 6.32. The Bertz CT molecular complexity index is 589. The molecule has 1 aliphatic carbocycles. The number of aliphatic imine (C=N–C) groups is 1. The summed E-state index contributed by atoms with van der Waals surface area (Å²) in [4.78, 5) is 4.69. The fourth-order valence-electron chi connectivity index (χ4n) is 3.58. The Hall–Kier alpha value is -1.61. The molecule has 0 saturated heterocycles. The van der Waals surface area contributed by atoms with E-state index in [9.17, 15) is 0 Å². The maximum atomic E-state index is 6.19. The van der Waals surface area contributed by atoms with E-state index in [2.05, 4.69) is 26.0 Å². The van der Waals surface area contributed by atoms with Crippen molar-refractivity contribution in [2.45, 2.75) is 65.4 Å². The van der Waals surface area contributed by atoms with Crippen molar-refractivity contribution in [1.82, 2.24) is 0 Å². The van der Waals surface area contributed by atoms with Crippen molar-refractivity contribution >= 4 is 5.90 Å². The van der Waals surface area contributed by atoms with Crippen molar-refractivity contribution in [2.75, 3.05) is 13.7 Å². The van der Waals surface area contributed by atoms with Gasteiger partial charge in [-0.3, -0.25) is 0 Å². The van der Waals surface area contributed by atoms with Crippen LogP contribution < -0.4 is 0 Å². The van der Waals surface area contributed by atoms with Crippen LogP contribution in [0.5, 0.6) is 0 Å². The van der Waals surface area contributed by atoms with Gasteiger partial charge in [0.15, 0.2) is 0 Å². The van der Waals surface area contributed by atoms with Crippen LogP contribution >= 0.6 is 0 Å². The zero-order valence-corrected chi connectivity index (χ0v) is 16.3. The number of benzene rings is 1. The monoisotopic (exact) mass is 343 g/mol. The van der Waals surface area contributed by atoms with Gasteiger partial charge in [-0.1, -0.05) is 56.4 Å². The molecule has 0 aliphatic heterocycles. The van der Waals surface area contributed by atoms with Crippen LogP contribution in [-0.2, 0) is 9.47 Å². The quantitative estimate of drug-likeness (QED) is 0.472. The van der Waals surface area contributed by atoms with Crippen LogP contribution in [0.15, 0.2) is 41.0 Å². The molecule has 0 N–H and O–H groups in total. The van der Waals surface area contributed by atoms with E-state index < -0.39 is 0 Å². The number of nitrogens with zero attached hydrogens (tertiary/aromatic N) is 1. The Kier molecular flexibility index (Phi) is 8.20. The molecule has 0 heterocycles. The number of rotatable bonds is 7. The van der Waals surface area contributed by atoms with E-state index in [-0.39, 0.29) is 0 Å². The summed E-state index contributed by atoms with van der Waals surface area (Å²) in [5, 5.41) is 0. The smallest absolute Gasteiger partial charge is 0.220 e. The predicted molar refractivity (Wildman–Crippen MR) is 105 cm³/mol. The molecule has 0 bridgehead atoms. The molecule has 0 spiro atoms. The average molecular weight is 344 g/mol. The molecule has 25 heavy (non-hydrogen) atoms. The average Bonchev–Trinajstić information content (AvgIpc) is 2.62. The van der Waals surface area contributed by atoms with E-state index >= 15 is 0 Å². The lowest BCUT2D eigenvalue weighted by Gasteiger charge is -2.29. The van der Waals surface area contributed by atoms with Gasteiger partial charge >= 0.3 is 0 Å². The highest BCUT2D eigenvalue weighted by Gasteiger charge is 2.22. The molecule has 3 nitrogen and oxygen atoms in total. The summed E-state index contributed by atoms with van der Waals surface area (Å²) in [6, 6.07) is 8.22. The molecular formula is C22H33NO2. The molecule has 1 saturated carbocycles. The van der Waals surface area contributed by atoms with E-state index in [0.717, 1.165) is 17.2 Å². The summed E-state index contributed by atoms with van der Waals surface area (Å²) in [5.41, 5.74) is 3.13. The molecule has 2 rings (SSSR count). The molecule has 1 aliphatic rings. The normalized spacial score (nSPS) is 22.1. The van der Waals surface area contributed by atoms with Gasteiger partial charge in [0.05, 0.1) is 25.5 Å². The predicted octanol–water partition coefficient (Wildman–Crippen LogP) is 5.67. The molecule has 1 fully saturated rings. The number of hydrogen-bond donors (Lipinski definition) is 0. The minimum Gasteiger partial charge on any atom is -0.481 e. The molecular weight excluding hydrogens is 310 g/mol. The second-order valence-corrected chi connectivity index (χ2v) is 7.02. The topological polar surface area (TPSA) is 30.8 Å². The van der Waals surface area contributed by atoms with E-state index in [4.69, 9.17) is 14.5 Å². The van der Waals surface area contributed by atoms with Gasteiger partial charge in [0.2, 0.25) is 5.90 Å². The zero-order chi connectivity index (χ0) is 18.1. The highest BCUT2D eigenvalue weighted by molar-refractivity contribution is 5.94. The van der Waals surface area contributed by atoms with Crippen LogP contribution in [0.3, 0.4) is 0 Å². The summed E-state index contributed by atoms with van der Waals surface area (Å²) in [7, 11) is 1.67. The number of hydrogen-bond acceptors (Lipinski definition) is 3. The van der Waals surface area contributed by atoms with Crippen molar-refractivity contribution in [2.24, 2.45) is 10.9 Å². The lowest BCUT2D eigenvalue weighted by molar-refractivity contribution is 0.0238. The Balaban J connectivity index is 1.97. The Morgan fingerprint density at radius 2 is 2.16 bits per heavy atom. The Morgan fingerprint density at radius 3 is 2.84 bits per heavy atom. The van der Waals surface area contributed by atoms with Crippen LogP contribution in [0.4, 0.5) is 0 Å². The molecule has 0 radical (unpaired) electrons. The van der Waals surface area contributed by atoms with E-state index in [0.29, 0.717) is 18.6 Å². The molecule has 1 aromatic carbocycles. The van der Waals surface area contributed by atoms with Gasteiger partial charge < -0.3 is 9.47 Å². The third-order valence-electron chi connectivity index (χ3n) is 4.94. The highest BCUT2D eigenvalue weighted by atomic mass is 16.5.